The summed E-state index contributed by atoms with van der Waals surface area (Å²) < 4.78 is 11.1. The fourth-order valence-electron chi connectivity index (χ4n) is 1.79. The van der Waals surface area contributed by atoms with Gasteiger partial charge in [-0.05, 0) is 25.8 Å². The molecule has 2 aromatic heterocycles. The number of ether oxygens (including phenoxy) is 1. The predicted molar refractivity (Wildman–Crippen MR) is 66.2 cm³/mol. The Kier molecular flexibility index (Phi) is 3.06. The molecule has 0 amide bonds. The van der Waals surface area contributed by atoms with Gasteiger partial charge in [0.25, 0.3) is 0 Å². The molecule has 2 aromatic rings. The van der Waals surface area contributed by atoms with E-state index in [0.29, 0.717) is 18.5 Å². The lowest BCUT2D eigenvalue weighted by atomic mass is 10.2. The van der Waals surface area contributed by atoms with Crippen LogP contribution in [0.3, 0.4) is 0 Å². The molecule has 96 valence electrons. The van der Waals surface area contributed by atoms with Crippen molar-refractivity contribution in [3.05, 3.63) is 35.4 Å². The van der Waals surface area contributed by atoms with Crippen LogP contribution >= 0.6 is 0 Å². The maximum atomic E-state index is 5.60. The van der Waals surface area contributed by atoms with Gasteiger partial charge in [0.1, 0.15) is 12.4 Å². The summed E-state index contributed by atoms with van der Waals surface area (Å²) in [6.07, 6.45) is 4.26. The van der Waals surface area contributed by atoms with Gasteiger partial charge in [-0.3, -0.25) is 5.10 Å². The molecule has 2 heterocycles. The Hall–Kier alpha value is -1.75. The molecule has 0 bridgehead atoms. The molecule has 1 aliphatic carbocycles. The second-order valence-electron chi connectivity index (χ2n) is 4.70. The van der Waals surface area contributed by atoms with Gasteiger partial charge in [-0.15, -0.1) is 5.10 Å². The highest BCUT2D eigenvalue weighted by Crippen LogP contribution is 2.21. The summed E-state index contributed by atoms with van der Waals surface area (Å²) in [7, 11) is 0. The number of hydrogen-bond donors (Lipinski definition) is 2. The zero-order chi connectivity index (χ0) is 12.4. The minimum Gasteiger partial charge on any atom is -0.472 e. The summed E-state index contributed by atoms with van der Waals surface area (Å²) >= 11 is 0. The Morgan fingerprint density at radius 1 is 1.56 bits per heavy atom. The Morgan fingerprint density at radius 3 is 3.17 bits per heavy atom. The van der Waals surface area contributed by atoms with Gasteiger partial charge >= 0.3 is 0 Å². The topological polar surface area (TPSA) is 63.1 Å². The van der Waals surface area contributed by atoms with Crippen LogP contribution in [0.4, 0.5) is 0 Å². The van der Waals surface area contributed by atoms with Gasteiger partial charge in [-0.1, -0.05) is 0 Å². The van der Waals surface area contributed by atoms with Gasteiger partial charge in [-0.2, -0.15) is 0 Å². The van der Waals surface area contributed by atoms with Crippen molar-refractivity contribution in [1.29, 1.82) is 0 Å². The van der Waals surface area contributed by atoms with Crippen LogP contribution in [0, 0.1) is 6.92 Å². The molecule has 0 saturated heterocycles. The van der Waals surface area contributed by atoms with Crippen LogP contribution < -0.4 is 10.1 Å². The molecule has 0 spiro atoms. The molecule has 5 nitrogen and oxygen atoms in total. The molecular weight excluding hydrogens is 230 g/mol. The molecule has 0 radical (unpaired) electrons. The van der Waals surface area contributed by atoms with E-state index in [9.17, 15) is 0 Å². The smallest absolute Gasteiger partial charge is 0.233 e. The lowest BCUT2D eigenvalue weighted by Gasteiger charge is -2.04. The minimum absolute atomic E-state index is 0.489. The van der Waals surface area contributed by atoms with Crippen LogP contribution in [0.1, 0.15) is 29.9 Å². The van der Waals surface area contributed by atoms with Crippen LogP contribution in [0.2, 0.25) is 0 Å². The van der Waals surface area contributed by atoms with Gasteiger partial charge in [0, 0.05) is 23.4 Å². The zero-order valence-electron chi connectivity index (χ0n) is 10.4. The van der Waals surface area contributed by atoms with Crippen molar-refractivity contribution in [1.82, 2.24) is 15.5 Å². The van der Waals surface area contributed by atoms with Crippen molar-refractivity contribution in [2.24, 2.45) is 0 Å². The van der Waals surface area contributed by atoms with Gasteiger partial charge in [0.05, 0.1) is 12.8 Å². The Bertz CT molecular complexity index is 514. The van der Waals surface area contributed by atoms with E-state index in [1.165, 1.54) is 12.8 Å². The molecule has 1 fully saturated rings. The third kappa shape index (κ3) is 2.73. The Balaban J connectivity index is 1.56. The average molecular weight is 247 g/mol. The number of hydrogen-bond acceptors (Lipinski definition) is 4. The highest BCUT2D eigenvalue weighted by atomic mass is 16.5. The Morgan fingerprint density at radius 2 is 2.44 bits per heavy atom. The number of aryl methyl sites for hydroxylation is 1. The zero-order valence-corrected chi connectivity index (χ0v) is 10.4. The average Bonchev–Trinajstić information content (AvgIpc) is 2.93. The van der Waals surface area contributed by atoms with Crippen molar-refractivity contribution < 1.29 is 9.15 Å². The number of nitrogens with zero attached hydrogens (tertiary/aromatic N) is 1. The largest absolute Gasteiger partial charge is 0.472 e. The molecule has 0 unspecified atom stereocenters. The maximum Gasteiger partial charge on any atom is 0.233 e. The van der Waals surface area contributed by atoms with Crippen molar-refractivity contribution >= 4 is 0 Å². The van der Waals surface area contributed by atoms with Crippen molar-refractivity contribution in [2.75, 3.05) is 0 Å². The fourth-order valence-corrected chi connectivity index (χ4v) is 1.79. The first-order valence-corrected chi connectivity index (χ1v) is 6.25. The SMILES string of the molecule is Cc1cc(OCc2ccoc2CNC2CC2)n[nH]1. The lowest BCUT2D eigenvalue weighted by molar-refractivity contribution is 0.289. The fraction of sp³-hybridized carbons (Fsp3) is 0.462. The number of nitrogens with one attached hydrogen (secondary N) is 2. The van der Waals surface area contributed by atoms with Gasteiger partial charge in [0.2, 0.25) is 5.88 Å². The van der Waals surface area contributed by atoms with Gasteiger partial charge < -0.3 is 14.5 Å². The summed E-state index contributed by atoms with van der Waals surface area (Å²) in [4.78, 5) is 0. The van der Waals surface area contributed by atoms with E-state index in [4.69, 9.17) is 9.15 Å². The number of H-pyrrole nitrogens is 1. The van der Waals surface area contributed by atoms with E-state index in [-0.39, 0.29) is 0 Å². The molecule has 5 heteroatoms. The molecule has 3 rings (SSSR count). The lowest BCUT2D eigenvalue weighted by Crippen LogP contribution is -2.16. The molecule has 1 aliphatic rings. The van der Waals surface area contributed by atoms with Gasteiger partial charge in [0.15, 0.2) is 0 Å². The molecule has 2 N–H and O–H groups in total. The number of furan rings is 1. The van der Waals surface area contributed by atoms with Crippen molar-refractivity contribution in [2.45, 2.75) is 39.0 Å². The monoisotopic (exact) mass is 247 g/mol. The van der Waals surface area contributed by atoms with Crippen molar-refractivity contribution in [3.63, 3.8) is 0 Å². The molecule has 0 atom stereocenters. The second-order valence-corrected chi connectivity index (χ2v) is 4.70. The molecule has 18 heavy (non-hydrogen) atoms. The van der Waals surface area contributed by atoms with E-state index in [0.717, 1.165) is 23.6 Å². The first-order chi connectivity index (χ1) is 8.81. The van der Waals surface area contributed by atoms with Gasteiger partial charge in [-0.25, -0.2) is 0 Å². The van der Waals surface area contributed by atoms with Crippen LogP contribution in [-0.2, 0) is 13.2 Å². The van der Waals surface area contributed by atoms with Crippen molar-refractivity contribution in [3.8, 4) is 5.88 Å². The first kappa shape index (κ1) is 11.3. The second kappa shape index (κ2) is 4.86. The number of rotatable bonds is 6. The van der Waals surface area contributed by atoms with E-state index < -0.39 is 0 Å². The van der Waals surface area contributed by atoms with E-state index >= 15 is 0 Å². The molecule has 1 saturated carbocycles. The predicted octanol–water partition coefficient (Wildman–Crippen LogP) is 2.14. The first-order valence-electron chi connectivity index (χ1n) is 6.25. The summed E-state index contributed by atoms with van der Waals surface area (Å²) in [5.74, 6) is 1.57. The molecule has 0 aliphatic heterocycles. The number of aromatic nitrogens is 2. The highest BCUT2D eigenvalue weighted by Gasteiger charge is 2.21. The van der Waals surface area contributed by atoms with E-state index in [1.54, 1.807) is 6.26 Å². The summed E-state index contributed by atoms with van der Waals surface area (Å²) in [5.41, 5.74) is 2.07. The molecular formula is C13H17N3O2. The Labute approximate surface area is 106 Å². The quantitative estimate of drug-likeness (QED) is 0.821. The van der Waals surface area contributed by atoms with Crippen LogP contribution in [-0.4, -0.2) is 16.2 Å². The van der Waals surface area contributed by atoms with Crippen LogP contribution in [0.5, 0.6) is 5.88 Å². The number of aromatic amines is 1. The summed E-state index contributed by atoms with van der Waals surface area (Å²) in [6, 6.07) is 4.50. The van der Waals surface area contributed by atoms with E-state index in [2.05, 4.69) is 15.5 Å². The van der Waals surface area contributed by atoms with E-state index in [1.807, 2.05) is 19.1 Å². The minimum atomic E-state index is 0.489. The summed E-state index contributed by atoms with van der Waals surface area (Å²) in [6.45, 7) is 3.21. The molecule has 0 aromatic carbocycles. The normalized spacial score (nSPS) is 14.9. The maximum absolute atomic E-state index is 5.60. The summed E-state index contributed by atoms with van der Waals surface area (Å²) in [5, 5.41) is 10.3. The standard InChI is InChI=1S/C13H17N3O2/c1-9-6-13(16-15-9)18-8-10-4-5-17-12(10)7-14-11-2-3-11/h4-6,11,14H,2-3,7-8H2,1H3,(H,15,16). The van der Waals surface area contributed by atoms with Crippen LogP contribution in [0.15, 0.2) is 22.8 Å². The highest BCUT2D eigenvalue weighted by molar-refractivity contribution is 5.18. The third-order valence-corrected chi connectivity index (χ3v) is 3.02. The third-order valence-electron chi connectivity index (χ3n) is 3.02. The van der Waals surface area contributed by atoms with Crippen LogP contribution in [0.25, 0.3) is 0 Å².